The van der Waals surface area contributed by atoms with E-state index >= 15 is 0 Å². The number of hydrogen-bond donors (Lipinski definition) is 1. The van der Waals surface area contributed by atoms with E-state index in [0.29, 0.717) is 42.1 Å². The highest BCUT2D eigenvalue weighted by atomic mass is 16.6. The van der Waals surface area contributed by atoms with Crippen LogP contribution in [0.2, 0.25) is 0 Å². The van der Waals surface area contributed by atoms with E-state index in [4.69, 9.17) is 19.9 Å². The number of anilines is 1. The van der Waals surface area contributed by atoms with Gasteiger partial charge in [-0.1, -0.05) is 56.6 Å². The van der Waals surface area contributed by atoms with Gasteiger partial charge in [-0.25, -0.2) is 4.79 Å². The maximum Gasteiger partial charge on any atom is 0.410 e. The van der Waals surface area contributed by atoms with Crippen molar-refractivity contribution in [1.29, 1.82) is 0 Å². The number of carbonyl (C=O) groups is 1. The highest BCUT2D eigenvalue weighted by molar-refractivity contribution is 5.83. The second-order valence-electron chi connectivity index (χ2n) is 9.80. The summed E-state index contributed by atoms with van der Waals surface area (Å²) in [5.41, 5.74) is 8.32. The molecule has 2 N–H and O–H groups in total. The molecule has 1 amide bonds. The van der Waals surface area contributed by atoms with E-state index in [1.54, 1.807) is 7.11 Å². The molecule has 0 aromatic carbocycles. The highest BCUT2D eigenvalue weighted by Gasteiger charge is 2.24. The van der Waals surface area contributed by atoms with E-state index in [2.05, 4.69) is 34.0 Å². The molecule has 38 heavy (non-hydrogen) atoms. The summed E-state index contributed by atoms with van der Waals surface area (Å²) in [6.45, 7) is 5.18. The summed E-state index contributed by atoms with van der Waals surface area (Å²) in [5.74, 6) is 0.901. The minimum atomic E-state index is -0.218. The van der Waals surface area contributed by atoms with Gasteiger partial charge in [0.1, 0.15) is 6.61 Å². The predicted octanol–water partition coefficient (Wildman–Crippen LogP) is 5.06. The smallest absolute Gasteiger partial charge is 0.410 e. The number of carbonyl (C=O) groups excluding carboxylic acids is 1. The van der Waals surface area contributed by atoms with Gasteiger partial charge in [-0.2, -0.15) is 15.0 Å². The standard InChI is InChI=1S/C28H40N6O4/c1-3-4-19-37-26-31-24(29)23-25(32-26)34(27(30-23)36-2)16-10-9-11-21-14-17-33(18-15-21)28(35)38-20-22-12-7-5-6-8-13-22/h5,7-8,12-13,21H,3-4,6,9-11,14-20H2,1-2H3,(H2,29,31,32). The number of likely N-dealkylation sites (tertiary alicyclic amines) is 1. The minimum absolute atomic E-state index is 0.218. The van der Waals surface area contributed by atoms with Crippen LogP contribution < -0.4 is 15.2 Å². The largest absolute Gasteiger partial charge is 0.468 e. The molecule has 0 saturated carbocycles. The Kier molecular flexibility index (Phi) is 10.0. The lowest BCUT2D eigenvalue weighted by atomic mass is 9.92. The number of aryl methyl sites for hydroxylation is 1. The molecular weight excluding hydrogens is 484 g/mol. The summed E-state index contributed by atoms with van der Waals surface area (Å²) in [6.07, 6.45) is 17.9. The molecule has 2 aromatic rings. The summed E-state index contributed by atoms with van der Waals surface area (Å²) in [4.78, 5) is 27.6. The molecule has 0 bridgehead atoms. The number of ether oxygens (including phenoxy) is 3. The van der Waals surface area contributed by atoms with Crippen LogP contribution in [0.3, 0.4) is 0 Å². The number of allylic oxidation sites excluding steroid dienone is 4. The van der Waals surface area contributed by atoms with Crippen molar-refractivity contribution in [2.45, 2.75) is 64.8 Å². The molecule has 2 aliphatic rings. The highest BCUT2D eigenvalue weighted by Crippen LogP contribution is 2.27. The third kappa shape index (κ3) is 7.26. The summed E-state index contributed by atoms with van der Waals surface area (Å²) in [5, 5.41) is 0. The normalized spacial score (nSPS) is 15.9. The van der Waals surface area contributed by atoms with Crippen molar-refractivity contribution < 1.29 is 19.0 Å². The molecule has 2 aromatic heterocycles. The molecule has 10 nitrogen and oxygen atoms in total. The minimum Gasteiger partial charge on any atom is -0.468 e. The zero-order chi connectivity index (χ0) is 26.7. The van der Waals surface area contributed by atoms with Crippen LogP contribution in [0, 0.1) is 5.92 Å². The SMILES string of the molecule is CCCCOc1nc(N)c2nc(OC)n(CCCCC3CCN(C(=O)OCC4=CC=CCC=C4)CC3)c2n1. The van der Waals surface area contributed by atoms with E-state index < -0.39 is 0 Å². The molecule has 1 saturated heterocycles. The number of hydrogen-bond acceptors (Lipinski definition) is 8. The summed E-state index contributed by atoms with van der Waals surface area (Å²) in [7, 11) is 1.60. The van der Waals surface area contributed by atoms with Gasteiger partial charge in [-0.05, 0) is 43.6 Å². The summed E-state index contributed by atoms with van der Waals surface area (Å²) in [6, 6.07) is 0.751. The second-order valence-corrected chi connectivity index (χ2v) is 9.80. The third-order valence-electron chi connectivity index (χ3n) is 7.01. The number of unbranched alkanes of at least 4 members (excludes halogenated alkanes) is 2. The van der Waals surface area contributed by atoms with E-state index in [1.165, 1.54) is 0 Å². The first-order chi connectivity index (χ1) is 18.6. The number of nitrogen functional groups attached to an aromatic ring is 1. The van der Waals surface area contributed by atoms with Gasteiger partial charge < -0.3 is 24.8 Å². The molecule has 1 aliphatic heterocycles. The first-order valence-corrected chi connectivity index (χ1v) is 13.7. The van der Waals surface area contributed by atoms with Crippen LogP contribution in [0.5, 0.6) is 12.0 Å². The first kappa shape index (κ1) is 27.5. The lowest BCUT2D eigenvalue weighted by molar-refractivity contribution is 0.0937. The van der Waals surface area contributed by atoms with Crippen molar-refractivity contribution in [3.05, 3.63) is 36.0 Å². The maximum absolute atomic E-state index is 12.5. The van der Waals surface area contributed by atoms with Gasteiger partial charge in [-0.3, -0.25) is 4.57 Å². The summed E-state index contributed by atoms with van der Waals surface area (Å²) >= 11 is 0. The molecule has 1 aliphatic carbocycles. The fourth-order valence-corrected chi connectivity index (χ4v) is 4.77. The van der Waals surface area contributed by atoms with Gasteiger partial charge >= 0.3 is 12.1 Å². The Balaban J connectivity index is 1.22. The lowest BCUT2D eigenvalue weighted by Gasteiger charge is -2.31. The summed E-state index contributed by atoms with van der Waals surface area (Å²) < 4.78 is 18.7. The predicted molar refractivity (Wildman–Crippen MR) is 147 cm³/mol. The lowest BCUT2D eigenvalue weighted by Crippen LogP contribution is -2.39. The average Bonchev–Trinajstić information content (AvgIpc) is 3.08. The fraction of sp³-hybridized carbons (Fsp3) is 0.571. The first-order valence-electron chi connectivity index (χ1n) is 13.7. The third-order valence-corrected chi connectivity index (χ3v) is 7.01. The van der Waals surface area contributed by atoms with E-state index in [9.17, 15) is 4.79 Å². The quantitative estimate of drug-likeness (QED) is 0.383. The maximum atomic E-state index is 12.5. The molecule has 1 fully saturated rings. The Labute approximate surface area is 224 Å². The van der Waals surface area contributed by atoms with Gasteiger partial charge in [0, 0.05) is 19.6 Å². The molecule has 4 rings (SSSR count). The van der Waals surface area contributed by atoms with Gasteiger partial charge in [0.25, 0.3) is 6.01 Å². The number of rotatable bonds is 12. The average molecular weight is 525 g/mol. The molecule has 3 heterocycles. The van der Waals surface area contributed by atoms with Crippen LogP contribution in [0.25, 0.3) is 11.2 Å². The Morgan fingerprint density at radius 2 is 1.97 bits per heavy atom. The zero-order valence-corrected chi connectivity index (χ0v) is 22.6. The van der Waals surface area contributed by atoms with Crippen LogP contribution in [0.4, 0.5) is 10.6 Å². The fourth-order valence-electron chi connectivity index (χ4n) is 4.77. The Hall–Kier alpha value is -3.56. The molecule has 0 unspecified atom stereocenters. The van der Waals surface area contributed by atoms with Gasteiger partial charge in [0.05, 0.1) is 13.7 Å². The number of aromatic nitrogens is 4. The Morgan fingerprint density at radius 1 is 1.13 bits per heavy atom. The van der Waals surface area contributed by atoms with Crippen LogP contribution in [0.1, 0.15) is 58.3 Å². The number of nitrogens with zero attached hydrogens (tertiary/aromatic N) is 5. The van der Waals surface area contributed by atoms with E-state index in [-0.39, 0.29) is 12.1 Å². The van der Waals surface area contributed by atoms with Crippen molar-refractivity contribution in [1.82, 2.24) is 24.4 Å². The van der Waals surface area contributed by atoms with Crippen molar-refractivity contribution in [3.8, 4) is 12.0 Å². The van der Waals surface area contributed by atoms with Crippen molar-refractivity contribution >= 4 is 23.1 Å². The number of imidazole rings is 1. The topological polar surface area (TPSA) is 118 Å². The molecular formula is C28H40N6O4. The number of methoxy groups -OCH3 is 1. The number of amides is 1. The molecule has 206 valence electrons. The van der Waals surface area contributed by atoms with Gasteiger partial charge in [0.15, 0.2) is 17.0 Å². The Bertz CT molecular complexity index is 1160. The van der Waals surface area contributed by atoms with Crippen LogP contribution >= 0.6 is 0 Å². The monoisotopic (exact) mass is 524 g/mol. The number of piperidine rings is 1. The van der Waals surface area contributed by atoms with Crippen molar-refractivity contribution in [3.63, 3.8) is 0 Å². The second kappa shape index (κ2) is 13.8. The molecule has 0 spiro atoms. The van der Waals surface area contributed by atoms with Crippen LogP contribution in [-0.2, 0) is 11.3 Å². The van der Waals surface area contributed by atoms with Gasteiger partial charge in [0.2, 0.25) is 0 Å². The van der Waals surface area contributed by atoms with Crippen molar-refractivity contribution in [2.24, 2.45) is 5.92 Å². The van der Waals surface area contributed by atoms with Crippen molar-refractivity contribution in [2.75, 3.05) is 39.1 Å². The van der Waals surface area contributed by atoms with Crippen LogP contribution in [-0.4, -0.2) is 63.9 Å². The van der Waals surface area contributed by atoms with Gasteiger partial charge in [-0.15, -0.1) is 0 Å². The number of fused-ring (bicyclic) bond motifs is 1. The van der Waals surface area contributed by atoms with Crippen LogP contribution in [0.15, 0.2) is 36.0 Å². The molecule has 10 heteroatoms. The zero-order valence-electron chi connectivity index (χ0n) is 22.6. The van der Waals surface area contributed by atoms with E-state index in [1.807, 2.05) is 27.7 Å². The van der Waals surface area contributed by atoms with E-state index in [0.717, 1.165) is 76.6 Å². The Morgan fingerprint density at radius 3 is 2.76 bits per heavy atom. The number of nitrogens with two attached hydrogens (primary N) is 1. The molecule has 0 atom stereocenters. The molecule has 0 radical (unpaired) electrons.